The molecule has 1 N–H and O–H groups in total. The largest absolute Gasteiger partial charge is 0.497 e. The van der Waals surface area contributed by atoms with Gasteiger partial charge in [0.1, 0.15) is 24.7 Å². The Hall–Kier alpha value is -3.32. The second-order valence-corrected chi connectivity index (χ2v) is 7.83. The van der Waals surface area contributed by atoms with Gasteiger partial charge in [0.25, 0.3) is 0 Å². The number of nitrogens with one attached hydrogen (secondary N) is 1. The molecule has 1 aliphatic heterocycles. The van der Waals surface area contributed by atoms with Crippen LogP contribution in [0, 0.1) is 0 Å². The Labute approximate surface area is 185 Å². The molecule has 0 fully saturated rings. The maximum absolute atomic E-state index is 12.5. The Morgan fingerprint density at radius 2 is 1.71 bits per heavy atom. The average molecular weight is 438 g/mol. The zero-order valence-electron chi connectivity index (χ0n) is 17.3. The lowest BCUT2D eigenvalue weighted by Crippen LogP contribution is -2.15. The minimum Gasteiger partial charge on any atom is -0.497 e. The van der Waals surface area contributed by atoms with E-state index in [1.165, 1.54) is 11.8 Å². The van der Waals surface area contributed by atoms with E-state index in [0.717, 1.165) is 39.0 Å². The van der Waals surface area contributed by atoms with Crippen molar-refractivity contribution in [2.24, 2.45) is 0 Å². The number of carbonyl (C=O) groups excluding carboxylic acids is 1. The highest BCUT2D eigenvalue weighted by Crippen LogP contribution is 2.35. The van der Waals surface area contributed by atoms with Gasteiger partial charge in [0.15, 0.2) is 11.5 Å². The fourth-order valence-electron chi connectivity index (χ4n) is 3.24. The zero-order chi connectivity index (χ0) is 21.6. The molecule has 0 atom stereocenters. The third-order valence-corrected chi connectivity index (χ3v) is 5.76. The van der Waals surface area contributed by atoms with Crippen molar-refractivity contribution in [2.45, 2.75) is 4.90 Å². The first kappa shape index (κ1) is 20.9. The Balaban J connectivity index is 1.43. The summed E-state index contributed by atoms with van der Waals surface area (Å²) in [5.74, 6) is 3.16. The van der Waals surface area contributed by atoms with Crippen molar-refractivity contribution in [2.75, 3.05) is 38.5 Å². The standard InChI is InChI=1S/C24H23NO5S/c1-27-18-6-3-16(4-7-18)20-13-17(5-9-21(20)28-2)25-24(26)15-31-19-8-10-22-23(14-19)30-12-11-29-22/h3-10,13-14H,11-12,15H2,1-2H3,(H,25,26). The average Bonchev–Trinajstić information content (AvgIpc) is 2.82. The topological polar surface area (TPSA) is 66.0 Å². The molecule has 6 nitrogen and oxygen atoms in total. The summed E-state index contributed by atoms with van der Waals surface area (Å²) in [5.41, 5.74) is 2.57. The third kappa shape index (κ3) is 5.06. The number of ether oxygens (including phenoxy) is 4. The van der Waals surface area contributed by atoms with Gasteiger partial charge in [-0.05, 0) is 54.1 Å². The first-order valence-electron chi connectivity index (χ1n) is 9.81. The number of amides is 1. The van der Waals surface area contributed by atoms with E-state index in [1.54, 1.807) is 14.2 Å². The van der Waals surface area contributed by atoms with Gasteiger partial charge in [0, 0.05) is 16.1 Å². The van der Waals surface area contributed by atoms with Crippen molar-refractivity contribution in [1.29, 1.82) is 0 Å². The normalized spacial score (nSPS) is 12.2. The van der Waals surface area contributed by atoms with E-state index in [1.807, 2.05) is 60.7 Å². The highest BCUT2D eigenvalue weighted by atomic mass is 32.2. The minimum absolute atomic E-state index is 0.0919. The van der Waals surface area contributed by atoms with Gasteiger partial charge < -0.3 is 24.3 Å². The van der Waals surface area contributed by atoms with E-state index < -0.39 is 0 Å². The summed E-state index contributed by atoms with van der Waals surface area (Å²) in [4.78, 5) is 13.5. The number of fused-ring (bicyclic) bond motifs is 1. The number of thioether (sulfide) groups is 1. The van der Waals surface area contributed by atoms with Crippen LogP contribution in [0.5, 0.6) is 23.0 Å². The highest BCUT2D eigenvalue weighted by Gasteiger charge is 2.13. The Morgan fingerprint density at radius 1 is 0.935 bits per heavy atom. The van der Waals surface area contributed by atoms with Crippen molar-refractivity contribution in [1.82, 2.24) is 0 Å². The molecule has 1 amide bonds. The molecule has 3 aromatic rings. The van der Waals surface area contributed by atoms with Crippen LogP contribution in [0.25, 0.3) is 11.1 Å². The smallest absolute Gasteiger partial charge is 0.234 e. The molecule has 0 saturated carbocycles. The zero-order valence-corrected chi connectivity index (χ0v) is 18.2. The minimum atomic E-state index is -0.0919. The number of carbonyl (C=O) groups is 1. The van der Waals surface area contributed by atoms with Gasteiger partial charge in [-0.1, -0.05) is 12.1 Å². The number of hydrogen-bond acceptors (Lipinski definition) is 6. The number of methoxy groups -OCH3 is 2. The maximum Gasteiger partial charge on any atom is 0.234 e. The molecule has 3 aromatic carbocycles. The van der Waals surface area contributed by atoms with Crippen LogP contribution in [-0.2, 0) is 4.79 Å². The van der Waals surface area contributed by atoms with Gasteiger partial charge in [-0.15, -0.1) is 11.8 Å². The van der Waals surface area contributed by atoms with Crippen LogP contribution in [0.2, 0.25) is 0 Å². The summed E-state index contributed by atoms with van der Waals surface area (Å²) in [6, 6.07) is 19.0. The first-order chi connectivity index (χ1) is 15.2. The van der Waals surface area contributed by atoms with Crippen LogP contribution >= 0.6 is 11.8 Å². The second kappa shape index (κ2) is 9.66. The summed E-state index contributed by atoms with van der Waals surface area (Å²) in [7, 11) is 3.26. The number of rotatable bonds is 7. The summed E-state index contributed by atoms with van der Waals surface area (Å²) < 4.78 is 21.9. The SMILES string of the molecule is COc1ccc(-c2cc(NC(=O)CSc3ccc4c(c3)OCCO4)ccc2OC)cc1. The van der Waals surface area contributed by atoms with Gasteiger partial charge >= 0.3 is 0 Å². The van der Waals surface area contributed by atoms with E-state index in [-0.39, 0.29) is 11.7 Å². The predicted octanol–water partition coefficient (Wildman–Crippen LogP) is 4.87. The molecule has 0 aliphatic carbocycles. The Morgan fingerprint density at radius 3 is 2.45 bits per heavy atom. The van der Waals surface area contributed by atoms with Crippen molar-refractivity contribution in [3.63, 3.8) is 0 Å². The second-order valence-electron chi connectivity index (χ2n) is 6.79. The third-order valence-electron chi connectivity index (χ3n) is 4.77. The van der Waals surface area contributed by atoms with Gasteiger partial charge in [-0.2, -0.15) is 0 Å². The van der Waals surface area contributed by atoms with Gasteiger partial charge in [0.05, 0.1) is 20.0 Å². The summed E-state index contributed by atoms with van der Waals surface area (Å²) >= 11 is 1.45. The monoisotopic (exact) mass is 437 g/mol. The van der Waals surface area contributed by atoms with E-state index in [4.69, 9.17) is 18.9 Å². The van der Waals surface area contributed by atoms with E-state index >= 15 is 0 Å². The maximum atomic E-state index is 12.5. The quantitative estimate of drug-likeness (QED) is 0.532. The molecule has 0 aromatic heterocycles. The molecule has 160 valence electrons. The summed E-state index contributed by atoms with van der Waals surface area (Å²) in [6.07, 6.45) is 0. The van der Waals surface area contributed by atoms with Gasteiger partial charge in [-0.25, -0.2) is 0 Å². The van der Waals surface area contributed by atoms with Crippen LogP contribution < -0.4 is 24.3 Å². The summed E-state index contributed by atoms with van der Waals surface area (Å²) in [6.45, 7) is 1.10. The van der Waals surface area contributed by atoms with Crippen molar-refractivity contribution < 1.29 is 23.7 Å². The molecule has 1 heterocycles. The highest BCUT2D eigenvalue weighted by molar-refractivity contribution is 8.00. The van der Waals surface area contributed by atoms with E-state index in [9.17, 15) is 4.79 Å². The fraction of sp³-hybridized carbons (Fsp3) is 0.208. The lowest BCUT2D eigenvalue weighted by molar-refractivity contribution is -0.113. The van der Waals surface area contributed by atoms with Crippen molar-refractivity contribution >= 4 is 23.4 Å². The van der Waals surface area contributed by atoms with Crippen molar-refractivity contribution in [3.8, 4) is 34.1 Å². The van der Waals surface area contributed by atoms with Gasteiger partial charge in [-0.3, -0.25) is 4.79 Å². The molecule has 1 aliphatic rings. The van der Waals surface area contributed by atoms with Crippen LogP contribution in [0.3, 0.4) is 0 Å². The van der Waals surface area contributed by atoms with Crippen molar-refractivity contribution in [3.05, 3.63) is 60.7 Å². The van der Waals surface area contributed by atoms with E-state index in [2.05, 4.69) is 5.32 Å². The molecule has 4 rings (SSSR count). The Bertz CT molecular complexity index is 1070. The fourth-order valence-corrected chi connectivity index (χ4v) is 3.97. The molecule has 0 bridgehead atoms. The lowest BCUT2D eigenvalue weighted by Gasteiger charge is -2.18. The number of benzene rings is 3. The molecular formula is C24H23NO5S. The number of hydrogen-bond donors (Lipinski definition) is 1. The molecule has 0 unspecified atom stereocenters. The first-order valence-corrected chi connectivity index (χ1v) is 10.8. The molecule has 0 radical (unpaired) electrons. The van der Waals surface area contributed by atoms with Crippen LogP contribution in [0.15, 0.2) is 65.6 Å². The molecule has 7 heteroatoms. The molecular weight excluding hydrogens is 414 g/mol. The molecule has 31 heavy (non-hydrogen) atoms. The number of anilines is 1. The molecule has 0 spiro atoms. The van der Waals surface area contributed by atoms with Crippen LogP contribution in [-0.4, -0.2) is 39.1 Å². The lowest BCUT2D eigenvalue weighted by atomic mass is 10.0. The van der Waals surface area contributed by atoms with Gasteiger partial charge in [0.2, 0.25) is 5.91 Å². The van der Waals surface area contributed by atoms with Crippen LogP contribution in [0.4, 0.5) is 5.69 Å². The van der Waals surface area contributed by atoms with Crippen LogP contribution in [0.1, 0.15) is 0 Å². The summed E-state index contributed by atoms with van der Waals surface area (Å²) in [5, 5.41) is 2.96. The Kier molecular flexibility index (Phi) is 6.52. The predicted molar refractivity (Wildman–Crippen MR) is 122 cm³/mol. The molecule has 0 saturated heterocycles. The van der Waals surface area contributed by atoms with E-state index in [0.29, 0.717) is 18.9 Å².